The van der Waals surface area contributed by atoms with Crippen LogP contribution in [0.1, 0.15) is 30.9 Å². The van der Waals surface area contributed by atoms with Crippen molar-refractivity contribution < 1.29 is 4.79 Å². The molecule has 2 saturated heterocycles. The second kappa shape index (κ2) is 7.56. The molecule has 132 valence electrons. The molecule has 1 unspecified atom stereocenters. The molecular weight excluding hydrogens is 298 g/mol. The summed E-state index contributed by atoms with van der Waals surface area (Å²) in [5.74, 6) is 0.977. The summed E-state index contributed by atoms with van der Waals surface area (Å²) in [5, 5.41) is 0. The zero-order valence-electron chi connectivity index (χ0n) is 15.4. The topological polar surface area (TPSA) is 26.8 Å². The molecule has 2 aliphatic heterocycles. The number of amides is 1. The molecule has 1 aromatic carbocycles. The summed E-state index contributed by atoms with van der Waals surface area (Å²) < 4.78 is 0. The van der Waals surface area contributed by atoms with Crippen molar-refractivity contribution in [3.8, 4) is 0 Å². The first-order valence-electron chi connectivity index (χ1n) is 9.36. The van der Waals surface area contributed by atoms with E-state index in [0.29, 0.717) is 18.4 Å². The fourth-order valence-electron chi connectivity index (χ4n) is 3.93. The third-order valence-electron chi connectivity index (χ3n) is 5.66. The maximum Gasteiger partial charge on any atom is 0.236 e. The molecule has 0 N–H and O–H groups in total. The molecule has 1 atom stereocenters. The van der Waals surface area contributed by atoms with Gasteiger partial charge in [-0.2, -0.15) is 0 Å². The summed E-state index contributed by atoms with van der Waals surface area (Å²) in [4.78, 5) is 19.4. The van der Waals surface area contributed by atoms with Crippen LogP contribution in [0.2, 0.25) is 0 Å². The fourth-order valence-corrected chi connectivity index (χ4v) is 3.93. The lowest BCUT2D eigenvalue weighted by Gasteiger charge is -2.38. The van der Waals surface area contributed by atoms with Crippen molar-refractivity contribution >= 4 is 11.6 Å². The van der Waals surface area contributed by atoms with Crippen LogP contribution in [0.4, 0.5) is 5.69 Å². The molecule has 2 heterocycles. The summed E-state index contributed by atoms with van der Waals surface area (Å²) in [6.45, 7) is 13.1. The molecular formula is C20H31N3O. The fraction of sp³-hybridized carbons (Fsp3) is 0.650. The molecule has 1 aromatic rings. The minimum Gasteiger partial charge on any atom is -0.369 e. The minimum atomic E-state index is 0.321. The molecule has 4 nitrogen and oxygen atoms in total. The van der Waals surface area contributed by atoms with E-state index in [1.165, 1.54) is 23.2 Å². The second-order valence-corrected chi connectivity index (χ2v) is 7.57. The van der Waals surface area contributed by atoms with Gasteiger partial charge < -0.3 is 9.80 Å². The van der Waals surface area contributed by atoms with Crippen LogP contribution in [0.15, 0.2) is 18.2 Å². The maximum atomic E-state index is 12.5. The summed E-state index contributed by atoms with van der Waals surface area (Å²) >= 11 is 0. The average molecular weight is 329 g/mol. The lowest BCUT2D eigenvalue weighted by Crippen LogP contribution is -2.51. The van der Waals surface area contributed by atoms with E-state index in [1.54, 1.807) is 0 Å². The van der Waals surface area contributed by atoms with Gasteiger partial charge in [0.15, 0.2) is 0 Å². The van der Waals surface area contributed by atoms with Crippen molar-refractivity contribution in [2.45, 2.75) is 33.6 Å². The number of piperazine rings is 1. The molecule has 2 aliphatic rings. The van der Waals surface area contributed by atoms with Crippen molar-refractivity contribution in [1.82, 2.24) is 9.80 Å². The normalized spacial score (nSPS) is 22.7. The summed E-state index contributed by atoms with van der Waals surface area (Å²) in [6, 6.07) is 6.54. The smallest absolute Gasteiger partial charge is 0.236 e. The lowest BCUT2D eigenvalue weighted by atomic mass is 10.0. The van der Waals surface area contributed by atoms with Gasteiger partial charge in [-0.1, -0.05) is 19.1 Å². The monoisotopic (exact) mass is 329 g/mol. The SMILES string of the molecule is Cc1cccc(N2CCN(CC(=O)N3CCCC(C)C3)CC2)c1C. The van der Waals surface area contributed by atoms with Gasteiger partial charge >= 0.3 is 0 Å². The van der Waals surface area contributed by atoms with Crippen molar-refractivity contribution in [2.75, 3.05) is 50.7 Å². The molecule has 4 heteroatoms. The highest BCUT2D eigenvalue weighted by atomic mass is 16.2. The summed E-state index contributed by atoms with van der Waals surface area (Å²) in [7, 11) is 0. The van der Waals surface area contributed by atoms with Crippen LogP contribution < -0.4 is 4.90 Å². The Morgan fingerprint density at radius 2 is 1.88 bits per heavy atom. The van der Waals surface area contributed by atoms with Gasteiger partial charge in [-0.25, -0.2) is 0 Å². The van der Waals surface area contributed by atoms with Crippen molar-refractivity contribution in [2.24, 2.45) is 5.92 Å². The van der Waals surface area contributed by atoms with Gasteiger partial charge in [-0.15, -0.1) is 0 Å². The Balaban J connectivity index is 1.52. The number of carbonyl (C=O) groups is 1. The van der Waals surface area contributed by atoms with E-state index in [0.717, 1.165) is 45.7 Å². The van der Waals surface area contributed by atoms with E-state index < -0.39 is 0 Å². The van der Waals surface area contributed by atoms with Gasteiger partial charge in [0, 0.05) is 45.0 Å². The second-order valence-electron chi connectivity index (χ2n) is 7.57. The van der Waals surface area contributed by atoms with Crippen molar-refractivity contribution in [3.63, 3.8) is 0 Å². The number of rotatable bonds is 3. The Bertz CT molecular complexity index is 578. The number of anilines is 1. The first-order valence-corrected chi connectivity index (χ1v) is 9.36. The van der Waals surface area contributed by atoms with E-state index in [1.807, 2.05) is 0 Å². The van der Waals surface area contributed by atoms with Gasteiger partial charge in [-0.3, -0.25) is 9.69 Å². The Labute approximate surface area is 146 Å². The first kappa shape index (κ1) is 17.3. The van der Waals surface area contributed by atoms with E-state index in [-0.39, 0.29) is 0 Å². The van der Waals surface area contributed by atoms with E-state index in [4.69, 9.17) is 0 Å². The van der Waals surface area contributed by atoms with Gasteiger partial charge in [0.05, 0.1) is 6.54 Å². The van der Waals surface area contributed by atoms with E-state index in [9.17, 15) is 4.79 Å². The molecule has 0 bridgehead atoms. The standard InChI is InChI=1S/C20H31N3O/c1-16-6-5-9-23(14-16)20(24)15-21-10-12-22(13-11-21)19-8-4-7-17(2)18(19)3/h4,7-8,16H,5-6,9-15H2,1-3H3. The number of nitrogens with zero attached hydrogens (tertiary/aromatic N) is 3. The molecule has 2 fully saturated rings. The lowest BCUT2D eigenvalue weighted by molar-refractivity contribution is -0.134. The van der Waals surface area contributed by atoms with Crippen LogP contribution in [0.25, 0.3) is 0 Å². The summed E-state index contributed by atoms with van der Waals surface area (Å²) in [5.41, 5.74) is 4.08. The third-order valence-corrected chi connectivity index (χ3v) is 5.66. The zero-order chi connectivity index (χ0) is 17.1. The quantitative estimate of drug-likeness (QED) is 0.853. The predicted octanol–water partition coefficient (Wildman–Crippen LogP) is 2.68. The molecule has 0 spiro atoms. The number of benzene rings is 1. The Morgan fingerprint density at radius 1 is 1.12 bits per heavy atom. The number of piperidine rings is 1. The van der Waals surface area contributed by atoms with Gasteiger partial charge in [0.25, 0.3) is 0 Å². The third kappa shape index (κ3) is 3.92. The zero-order valence-corrected chi connectivity index (χ0v) is 15.4. The van der Waals surface area contributed by atoms with Gasteiger partial charge in [0.2, 0.25) is 5.91 Å². The first-order chi connectivity index (χ1) is 11.5. The van der Waals surface area contributed by atoms with Crippen LogP contribution in [0.3, 0.4) is 0 Å². The van der Waals surface area contributed by atoms with Crippen LogP contribution >= 0.6 is 0 Å². The molecule has 3 rings (SSSR count). The Kier molecular flexibility index (Phi) is 5.44. The molecule has 0 saturated carbocycles. The average Bonchev–Trinajstić information content (AvgIpc) is 2.58. The van der Waals surface area contributed by atoms with Gasteiger partial charge in [0.1, 0.15) is 0 Å². The number of hydrogen-bond donors (Lipinski definition) is 0. The molecule has 1 amide bonds. The largest absolute Gasteiger partial charge is 0.369 e. The van der Waals surface area contributed by atoms with Crippen LogP contribution in [0, 0.1) is 19.8 Å². The van der Waals surface area contributed by atoms with Crippen LogP contribution in [-0.2, 0) is 4.79 Å². The molecule has 0 radical (unpaired) electrons. The number of likely N-dealkylation sites (tertiary alicyclic amines) is 1. The van der Waals surface area contributed by atoms with Crippen molar-refractivity contribution in [3.05, 3.63) is 29.3 Å². The number of hydrogen-bond acceptors (Lipinski definition) is 3. The van der Waals surface area contributed by atoms with Crippen LogP contribution in [-0.4, -0.2) is 61.5 Å². The maximum absolute atomic E-state index is 12.5. The number of carbonyl (C=O) groups excluding carboxylic acids is 1. The molecule has 24 heavy (non-hydrogen) atoms. The highest BCUT2D eigenvalue weighted by Gasteiger charge is 2.25. The van der Waals surface area contributed by atoms with E-state index in [2.05, 4.69) is 53.7 Å². The molecule has 0 aliphatic carbocycles. The minimum absolute atomic E-state index is 0.321. The summed E-state index contributed by atoms with van der Waals surface area (Å²) in [6.07, 6.45) is 2.42. The van der Waals surface area contributed by atoms with E-state index >= 15 is 0 Å². The predicted molar refractivity (Wildman–Crippen MR) is 99.5 cm³/mol. The number of aryl methyl sites for hydroxylation is 1. The Morgan fingerprint density at radius 3 is 2.58 bits per heavy atom. The van der Waals surface area contributed by atoms with Gasteiger partial charge in [-0.05, 0) is 49.8 Å². The van der Waals surface area contributed by atoms with Crippen molar-refractivity contribution in [1.29, 1.82) is 0 Å². The van der Waals surface area contributed by atoms with Crippen LogP contribution in [0.5, 0.6) is 0 Å². The molecule has 0 aromatic heterocycles. The highest BCUT2D eigenvalue weighted by molar-refractivity contribution is 5.78. The Hall–Kier alpha value is -1.55. The highest BCUT2D eigenvalue weighted by Crippen LogP contribution is 2.24.